The predicted octanol–water partition coefficient (Wildman–Crippen LogP) is 3.97. The van der Waals surface area contributed by atoms with Crippen LogP contribution in [-0.2, 0) is 6.54 Å². The molecular formula is C18H18N4. The van der Waals surface area contributed by atoms with E-state index >= 15 is 0 Å². The van der Waals surface area contributed by atoms with Gasteiger partial charge in [-0.05, 0) is 31.5 Å². The Balaban J connectivity index is 1.88. The summed E-state index contributed by atoms with van der Waals surface area (Å²) in [5.41, 5.74) is 5.46. The summed E-state index contributed by atoms with van der Waals surface area (Å²) in [5.74, 6) is 0. The van der Waals surface area contributed by atoms with Gasteiger partial charge in [-0.25, -0.2) is 9.97 Å². The van der Waals surface area contributed by atoms with Crippen molar-refractivity contribution in [1.82, 2.24) is 19.7 Å². The molecule has 3 rings (SSSR count). The van der Waals surface area contributed by atoms with Crippen molar-refractivity contribution in [3.8, 4) is 22.4 Å². The molecule has 0 N–H and O–H groups in total. The summed E-state index contributed by atoms with van der Waals surface area (Å²) in [5, 5.41) is 4.63. The van der Waals surface area contributed by atoms with Gasteiger partial charge in [0, 0.05) is 29.7 Å². The predicted molar refractivity (Wildman–Crippen MR) is 88.1 cm³/mol. The zero-order valence-corrected chi connectivity index (χ0v) is 12.8. The lowest BCUT2D eigenvalue weighted by molar-refractivity contribution is 0.701. The molecule has 0 aliphatic carbocycles. The van der Waals surface area contributed by atoms with Crippen LogP contribution in [0.5, 0.6) is 0 Å². The summed E-state index contributed by atoms with van der Waals surface area (Å²) in [6, 6.07) is 10.3. The van der Waals surface area contributed by atoms with Gasteiger partial charge in [0.15, 0.2) is 0 Å². The van der Waals surface area contributed by atoms with Crippen molar-refractivity contribution in [3.05, 3.63) is 66.9 Å². The lowest BCUT2D eigenvalue weighted by Gasteiger charge is -2.03. The fraction of sp³-hybridized carbons (Fsp3) is 0.167. The van der Waals surface area contributed by atoms with Gasteiger partial charge in [0.05, 0.1) is 12.2 Å². The summed E-state index contributed by atoms with van der Waals surface area (Å²) in [4.78, 5) is 8.14. The fourth-order valence-corrected chi connectivity index (χ4v) is 2.20. The van der Waals surface area contributed by atoms with Crippen LogP contribution in [0.25, 0.3) is 22.4 Å². The van der Waals surface area contributed by atoms with Gasteiger partial charge in [0.1, 0.15) is 6.33 Å². The van der Waals surface area contributed by atoms with Gasteiger partial charge in [-0.3, -0.25) is 4.68 Å². The molecule has 0 aliphatic heterocycles. The van der Waals surface area contributed by atoms with E-state index in [4.69, 9.17) is 0 Å². The maximum atomic E-state index is 4.63. The van der Waals surface area contributed by atoms with Gasteiger partial charge in [0.25, 0.3) is 0 Å². The zero-order chi connectivity index (χ0) is 15.4. The van der Waals surface area contributed by atoms with E-state index in [-0.39, 0.29) is 0 Å². The number of aromatic nitrogens is 4. The van der Waals surface area contributed by atoms with Crippen molar-refractivity contribution < 1.29 is 0 Å². The number of hydrogen-bond acceptors (Lipinski definition) is 3. The van der Waals surface area contributed by atoms with Gasteiger partial charge >= 0.3 is 0 Å². The van der Waals surface area contributed by atoms with E-state index in [0.717, 1.165) is 28.9 Å². The number of rotatable bonds is 4. The largest absolute Gasteiger partial charge is 0.268 e. The minimum atomic E-state index is 0.800. The van der Waals surface area contributed by atoms with Gasteiger partial charge in [-0.2, -0.15) is 5.10 Å². The molecule has 0 fully saturated rings. The second kappa shape index (κ2) is 6.35. The Morgan fingerprint density at radius 2 is 1.82 bits per heavy atom. The molecule has 4 heteroatoms. The monoisotopic (exact) mass is 290 g/mol. The van der Waals surface area contributed by atoms with E-state index in [1.807, 2.05) is 35.4 Å². The Morgan fingerprint density at radius 3 is 2.59 bits per heavy atom. The standard InChI is InChI=1S/C18H18N4/c1-14(2)6-8-22-9-7-18(21-22)16-5-3-4-15(10-16)17-11-19-13-20-12-17/h3-7,9-13H,8H2,1-2H3. The molecule has 110 valence electrons. The molecule has 4 nitrogen and oxygen atoms in total. The highest BCUT2D eigenvalue weighted by molar-refractivity contribution is 5.70. The van der Waals surface area contributed by atoms with Crippen LogP contribution in [0.1, 0.15) is 13.8 Å². The van der Waals surface area contributed by atoms with Crippen LogP contribution in [0.3, 0.4) is 0 Å². The SMILES string of the molecule is CC(C)=CCn1ccc(-c2cccc(-c3cncnc3)c2)n1. The topological polar surface area (TPSA) is 43.6 Å². The second-order valence-electron chi connectivity index (χ2n) is 5.41. The lowest BCUT2D eigenvalue weighted by atomic mass is 10.0. The van der Waals surface area contributed by atoms with Crippen molar-refractivity contribution in [2.45, 2.75) is 20.4 Å². The average molecular weight is 290 g/mol. The van der Waals surface area contributed by atoms with Crippen LogP contribution in [0.2, 0.25) is 0 Å². The Hall–Kier alpha value is -2.75. The van der Waals surface area contributed by atoms with E-state index in [0.29, 0.717) is 0 Å². The molecule has 22 heavy (non-hydrogen) atoms. The van der Waals surface area contributed by atoms with E-state index < -0.39 is 0 Å². The van der Waals surface area contributed by atoms with Crippen molar-refractivity contribution in [3.63, 3.8) is 0 Å². The van der Waals surface area contributed by atoms with Gasteiger partial charge in [-0.1, -0.05) is 29.8 Å². The molecule has 0 amide bonds. The van der Waals surface area contributed by atoms with Crippen LogP contribution in [0.4, 0.5) is 0 Å². The van der Waals surface area contributed by atoms with Gasteiger partial charge < -0.3 is 0 Å². The quantitative estimate of drug-likeness (QED) is 0.683. The molecule has 0 unspecified atom stereocenters. The van der Waals surface area contributed by atoms with Gasteiger partial charge in [-0.15, -0.1) is 0 Å². The molecule has 2 heterocycles. The molecule has 0 saturated heterocycles. The van der Waals surface area contributed by atoms with Crippen LogP contribution in [0.15, 0.2) is 66.9 Å². The summed E-state index contributed by atoms with van der Waals surface area (Å²) in [7, 11) is 0. The molecule has 0 aliphatic rings. The second-order valence-corrected chi connectivity index (χ2v) is 5.41. The molecule has 0 bridgehead atoms. The van der Waals surface area contributed by atoms with Crippen LogP contribution >= 0.6 is 0 Å². The fourth-order valence-electron chi connectivity index (χ4n) is 2.20. The molecular weight excluding hydrogens is 272 g/mol. The summed E-state index contributed by atoms with van der Waals surface area (Å²) in [6.45, 7) is 4.99. The summed E-state index contributed by atoms with van der Waals surface area (Å²) >= 11 is 0. The van der Waals surface area contributed by atoms with Crippen LogP contribution < -0.4 is 0 Å². The summed E-state index contributed by atoms with van der Waals surface area (Å²) in [6.07, 6.45) is 9.35. The average Bonchev–Trinajstić information content (AvgIpc) is 3.03. The minimum absolute atomic E-state index is 0.800. The molecule has 0 saturated carbocycles. The number of hydrogen-bond donors (Lipinski definition) is 0. The molecule has 0 atom stereocenters. The Morgan fingerprint density at radius 1 is 1.05 bits per heavy atom. The first kappa shape index (κ1) is 14.2. The van der Waals surface area contributed by atoms with Crippen LogP contribution in [0, 0.1) is 0 Å². The van der Waals surface area contributed by atoms with Crippen molar-refractivity contribution in [1.29, 1.82) is 0 Å². The molecule has 1 aromatic carbocycles. The third-order valence-electron chi connectivity index (χ3n) is 3.38. The Labute approximate surface area is 130 Å². The summed E-state index contributed by atoms with van der Waals surface area (Å²) < 4.78 is 1.95. The highest BCUT2D eigenvalue weighted by Gasteiger charge is 2.04. The molecule has 0 radical (unpaired) electrons. The number of nitrogens with zero attached hydrogens (tertiary/aromatic N) is 4. The van der Waals surface area contributed by atoms with Crippen molar-refractivity contribution in [2.24, 2.45) is 0 Å². The highest BCUT2D eigenvalue weighted by atomic mass is 15.3. The minimum Gasteiger partial charge on any atom is -0.268 e. The first-order valence-corrected chi connectivity index (χ1v) is 7.25. The lowest BCUT2D eigenvalue weighted by Crippen LogP contribution is -1.96. The van der Waals surface area contributed by atoms with Crippen molar-refractivity contribution in [2.75, 3.05) is 0 Å². The number of allylic oxidation sites excluding steroid dienone is 2. The molecule has 3 aromatic rings. The van der Waals surface area contributed by atoms with E-state index in [2.05, 4.69) is 53.2 Å². The highest BCUT2D eigenvalue weighted by Crippen LogP contribution is 2.24. The first-order chi connectivity index (χ1) is 10.7. The Kier molecular flexibility index (Phi) is 4.10. The van der Waals surface area contributed by atoms with E-state index in [1.54, 1.807) is 0 Å². The molecule has 2 aromatic heterocycles. The van der Waals surface area contributed by atoms with Crippen LogP contribution in [-0.4, -0.2) is 19.7 Å². The third-order valence-corrected chi connectivity index (χ3v) is 3.38. The molecule has 0 spiro atoms. The van der Waals surface area contributed by atoms with E-state index in [1.165, 1.54) is 11.9 Å². The van der Waals surface area contributed by atoms with Crippen molar-refractivity contribution >= 4 is 0 Å². The smallest absolute Gasteiger partial charge is 0.115 e. The maximum Gasteiger partial charge on any atom is 0.115 e. The normalized spacial score (nSPS) is 10.5. The zero-order valence-electron chi connectivity index (χ0n) is 12.8. The Bertz CT molecular complexity index is 784. The maximum absolute atomic E-state index is 4.63. The first-order valence-electron chi connectivity index (χ1n) is 7.25. The number of benzene rings is 1. The van der Waals surface area contributed by atoms with Gasteiger partial charge in [0.2, 0.25) is 0 Å². The third kappa shape index (κ3) is 3.28. The van der Waals surface area contributed by atoms with E-state index in [9.17, 15) is 0 Å².